The first-order valence-electron chi connectivity index (χ1n) is 6.54. The van der Waals surface area contributed by atoms with E-state index in [0.29, 0.717) is 17.2 Å². The minimum absolute atomic E-state index is 0.278. The summed E-state index contributed by atoms with van der Waals surface area (Å²) in [6.45, 7) is 0.278. The van der Waals surface area contributed by atoms with E-state index >= 15 is 0 Å². The first-order chi connectivity index (χ1) is 10.8. The Kier molecular flexibility index (Phi) is 4.03. The maximum atomic E-state index is 5.80. The summed E-state index contributed by atoms with van der Waals surface area (Å²) in [6.07, 6.45) is 1.72. The fourth-order valence-corrected chi connectivity index (χ4v) is 2.73. The Morgan fingerprint density at radius 3 is 2.45 bits per heavy atom. The molecule has 8 heteroatoms. The summed E-state index contributed by atoms with van der Waals surface area (Å²) >= 11 is 1.47. The minimum Gasteiger partial charge on any atom is -0.497 e. The lowest BCUT2D eigenvalue weighted by molar-refractivity contribution is 0.394. The van der Waals surface area contributed by atoms with E-state index in [-0.39, 0.29) is 6.54 Å². The zero-order valence-electron chi connectivity index (χ0n) is 12.2. The van der Waals surface area contributed by atoms with E-state index < -0.39 is 0 Å². The van der Waals surface area contributed by atoms with Crippen molar-refractivity contribution in [2.45, 2.75) is 6.54 Å². The Morgan fingerprint density at radius 1 is 1.18 bits per heavy atom. The highest BCUT2D eigenvalue weighted by molar-refractivity contribution is 7.12. The van der Waals surface area contributed by atoms with Crippen molar-refractivity contribution in [1.29, 1.82) is 0 Å². The van der Waals surface area contributed by atoms with E-state index in [1.54, 1.807) is 25.1 Å². The Labute approximate surface area is 131 Å². The summed E-state index contributed by atoms with van der Waals surface area (Å²) in [7, 11) is 3.22. The number of hydrogen-bond acceptors (Lipinski definition) is 7. The zero-order valence-corrected chi connectivity index (χ0v) is 13.0. The van der Waals surface area contributed by atoms with Gasteiger partial charge in [0.25, 0.3) is 0 Å². The molecule has 0 saturated carbocycles. The Hall–Kier alpha value is -2.45. The molecule has 0 amide bonds. The van der Waals surface area contributed by atoms with Crippen molar-refractivity contribution in [3.63, 3.8) is 0 Å². The molecule has 2 N–H and O–H groups in total. The van der Waals surface area contributed by atoms with Gasteiger partial charge in [-0.15, -0.1) is 16.4 Å². The number of thiazole rings is 1. The molecule has 0 aliphatic heterocycles. The second-order valence-corrected chi connectivity index (χ2v) is 5.29. The van der Waals surface area contributed by atoms with Crippen LogP contribution in [0.15, 0.2) is 29.8 Å². The summed E-state index contributed by atoms with van der Waals surface area (Å²) in [5.74, 6) is 1.37. The number of benzene rings is 1. The molecule has 7 nitrogen and oxygen atoms in total. The molecule has 2 aromatic heterocycles. The fraction of sp³-hybridized carbons (Fsp3) is 0.214. The Morgan fingerprint density at radius 2 is 1.91 bits per heavy atom. The predicted molar refractivity (Wildman–Crippen MR) is 83.5 cm³/mol. The lowest BCUT2D eigenvalue weighted by Gasteiger charge is -2.10. The van der Waals surface area contributed by atoms with Crippen LogP contribution in [0.5, 0.6) is 11.5 Å². The number of methoxy groups -OCH3 is 2. The molecule has 3 rings (SSSR count). The lowest BCUT2D eigenvalue weighted by atomic mass is 10.1. The molecule has 22 heavy (non-hydrogen) atoms. The number of hydrogen-bond donors (Lipinski definition) is 1. The van der Waals surface area contributed by atoms with Gasteiger partial charge in [-0.2, -0.15) is 4.68 Å². The lowest BCUT2D eigenvalue weighted by Crippen LogP contribution is -2.03. The van der Waals surface area contributed by atoms with Crippen molar-refractivity contribution in [3.8, 4) is 27.9 Å². The third-order valence-corrected chi connectivity index (χ3v) is 3.91. The molecule has 0 unspecified atom stereocenters. The van der Waals surface area contributed by atoms with Gasteiger partial charge in [0, 0.05) is 29.8 Å². The van der Waals surface area contributed by atoms with Crippen LogP contribution in [-0.4, -0.2) is 34.2 Å². The van der Waals surface area contributed by atoms with E-state index in [1.165, 1.54) is 11.3 Å². The molecule has 0 atom stereocenters. The van der Waals surface area contributed by atoms with Gasteiger partial charge in [-0.05, 0) is 12.1 Å². The van der Waals surface area contributed by atoms with Crippen LogP contribution in [-0.2, 0) is 6.54 Å². The minimum atomic E-state index is 0.278. The first-order valence-corrected chi connectivity index (χ1v) is 7.42. The maximum absolute atomic E-state index is 5.80. The van der Waals surface area contributed by atoms with E-state index in [1.807, 2.05) is 23.6 Å². The highest BCUT2D eigenvalue weighted by atomic mass is 32.1. The average Bonchev–Trinajstić information content (AvgIpc) is 3.22. The quantitative estimate of drug-likeness (QED) is 0.773. The van der Waals surface area contributed by atoms with Gasteiger partial charge in [-0.1, -0.05) is 5.21 Å². The summed E-state index contributed by atoms with van der Waals surface area (Å²) < 4.78 is 12.3. The van der Waals surface area contributed by atoms with Crippen molar-refractivity contribution in [3.05, 3.63) is 35.5 Å². The number of ether oxygens (including phenoxy) is 2. The zero-order chi connectivity index (χ0) is 15.5. The molecule has 0 fully saturated rings. The van der Waals surface area contributed by atoms with E-state index in [9.17, 15) is 0 Å². The van der Waals surface area contributed by atoms with Crippen molar-refractivity contribution >= 4 is 11.3 Å². The smallest absolute Gasteiger partial charge is 0.212 e. The second-order valence-electron chi connectivity index (χ2n) is 4.42. The molecule has 0 radical (unpaired) electrons. The molecule has 0 spiro atoms. The molecule has 0 aliphatic carbocycles. The van der Waals surface area contributed by atoms with Crippen LogP contribution in [0.4, 0.5) is 0 Å². The van der Waals surface area contributed by atoms with Gasteiger partial charge in [0.15, 0.2) is 0 Å². The fourth-order valence-electron chi connectivity index (χ4n) is 2.14. The van der Waals surface area contributed by atoms with Gasteiger partial charge < -0.3 is 15.2 Å². The van der Waals surface area contributed by atoms with Crippen LogP contribution in [0.3, 0.4) is 0 Å². The van der Waals surface area contributed by atoms with Crippen LogP contribution in [0, 0.1) is 0 Å². The standard InChI is InChI=1S/C14H15N5O2S/c1-20-10-5-9(6-11(7-10)21-2)13-12(8-15)17-18-19(13)14-16-3-4-22-14/h3-7H,8,15H2,1-2H3. The predicted octanol–water partition coefficient (Wildman–Crippen LogP) is 1.87. The summed E-state index contributed by atoms with van der Waals surface area (Å²) in [5.41, 5.74) is 8.13. The van der Waals surface area contributed by atoms with Gasteiger partial charge in [-0.3, -0.25) is 0 Å². The first kappa shape index (κ1) is 14.5. The maximum Gasteiger partial charge on any atom is 0.212 e. The van der Waals surface area contributed by atoms with E-state index in [4.69, 9.17) is 15.2 Å². The normalized spacial score (nSPS) is 10.7. The van der Waals surface area contributed by atoms with Crippen molar-refractivity contribution in [2.24, 2.45) is 5.73 Å². The highest BCUT2D eigenvalue weighted by Crippen LogP contribution is 2.32. The van der Waals surface area contributed by atoms with Crippen molar-refractivity contribution < 1.29 is 9.47 Å². The third-order valence-electron chi connectivity index (χ3n) is 3.16. The molecule has 2 heterocycles. The van der Waals surface area contributed by atoms with Gasteiger partial charge in [0.2, 0.25) is 5.13 Å². The van der Waals surface area contributed by atoms with Gasteiger partial charge >= 0.3 is 0 Å². The van der Waals surface area contributed by atoms with Crippen LogP contribution >= 0.6 is 11.3 Å². The summed E-state index contributed by atoms with van der Waals surface area (Å²) in [6, 6.07) is 5.60. The average molecular weight is 317 g/mol. The molecule has 0 saturated heterocycles. The molecular weight excluding hydrogens is 302 g/mol. The van der Waals surface area contributed by atoms with Crippen LogP contribution in [0.25, 0.3) is 16.4 Å². The molecule has 1 aromatic carbocycles. The molecule has 114 valence electrons. The monoisotopic (exact) mass is 317 g/mol. The molecule has 3 aromatic rings. The van der Waals surface area contributed by atoms with Gasteiger partial charge in [-0.25, -0.2) is 4.98 Å². The summed E-state index contributed by atoms with van der Waals surface area (Å²) in [4.78, 5) is 4.28. The van der Waals surface area contributed by atoms with E-state index in [0.717, 1.165) is 16.4 Å². The van der Waals surface area contributed by atoms with Crippen LogP contribution in [0.1, 0.15) is 5.69 Å². The topological polar surface area (TPSA) is 88.1 Å². The molecular formula is C14H15N5O2S. The number of nitrogens with two attached hydrogens (primary N) is 1. The van der Waals surface area contributed by atoms with Crippen molar-refractivity contribution in [2.75, 3.05) is 14.2 Å². The van der Waals surface area contributed by atoms with Crippen LogP contribution in [0.2, 0.25) is 0 Å². The molecule has 0 aliphatic rings. The van der Waals surface area contributed by atoms with E-state index in [2.05, 4.69) is 15.3 Å². The number of nitrogens with zero attached hydrogens (tertiary/aromatic N) is 4. The molecule has 0 bridgehead atoms. The second kappa shape index (κ2) is 6.12. The largest absolute Gasteiger partial charge is 0.497 e. The van der Waals surface area contributed by atoms with Crippen LogP contribution < -0.4 is 15.2 Å². The van der Waals surface area contributed by atoms with Crippen molar-refractivity contribution in [1.82, 2.24) is 20.0 Å². The van der Waals surface area contributed by atoms with Gasteiger partial charge in [0.05, 0.1) is 14.2 Å². The highest BCUT2D eigenvalue weighted by Gasteiger charge is 2.18. The Balaban J connectivity index is 2.21. The SMILES string of the molecule is COc1cc(OC)cc(-c2c(CN)nnn2-c2nccs2)c1. The number of rotatable bonds is 5. The van der Waals surface area contributed by atoms with Gasteiger partial charge in [0.1, 0.15) is 22.9 Å². The third kappa shape index (κ3) is 2.53. The number of aromatic nitrogens is 4. The summed E-state index contributed by atoms with van der Waals surface area (Å²) in [5, 5.41) is 10.9. The Bertz CT molecular complexity index is 747.